The van der Waals surface area contributed by atoms with Crippen molar-refractivity contribution in [3.05, 3.63) is 0 Å². The third-order valence-corrected chi connectivity index (χ3v) is 2.47. The van der Waals surface area contributed by atoms with Crippen LogP contribution >= 0.6 is 0 Å². The molecule has 0 atom stereocenters. The second-order valence-corrected chi connectivity index (χ2v) is 3.36. The SMILES string of the molecule is O=C1NNC2(CCNCC2)CO1. The van der Waals surface area contributed by atoms with E-state index in [4.69, 9.17) is 4.74 Å². The van der Waals surface area contributed by atoms with Crippen LogP contribution in [0.4, 0.5) is 4.79 Å². The van der Waals surface area contributed by atoms with Crippen LogP contribution < -0.4 is 16.2 Å². The fraction of sp³-hybridized carbons (Fsp3) is 0.857. The van der Waals surface area contributed by atoms with Crippen LogP contribution in [0, 0.1) is 0 Å². The Morgan fingerprint density at radius 2 is 2.08 bits per heavy atom. The van der Waals surface area contributed by atoms with Crippen molar-refractivity contribution in [2.24, 2.45) is 0 Å². The van der Waals surface area contributed by atoms with Crippen molar-refractivity contribution in [1.29, 1.82) is 0 Å². The van der Waals surface area contributed by atoms with E-state index >= 15 is 0 Å². The van der Waals surface area contributed by atoms with Gasteiger partial charge in [0.2, 0.25) is 0 Å². The largest absolute Gasteiger partial charge is 0.447 e. The Bertz CT molecular complexity index is 177. The molecule has 2 saturated heterocycles. The number of nitrogens with one attached hydrogen (secondary N) is 3. The summed E-state index contributed by atoms with van der Waals surface area (Å²) >= 11 is 0. The molecule has 0 aliphatic carbocycles. The van der Waals surface area contributed by atoms with Crippen LogP contribution in [0.25, 0.3) is 0 Å². The topological polar surface area (TPSA) is 62.4 Å². The number of piperidine rings is 1. The van der Waals surface area contributed by atoms with Gasteiger partial charge in [0.25, 0.3) is 0 Å². The summed E-state index contributed by atoms with van der Waals surface area (Å²) in [7, 11) is 0. The van der Waals surface area contributed by atoms with Gasteiger partial charge >= 0.3 is 6.09 Å². The molecule has 0 aromatic heterocycles. The highest BCUT2D eigenvalue weighted by molar-refractivity contribution is 5.67. The molecule has 5 heteroatoms. The molecule has 12 heavy (non-hydrogen) atoms. The first-order valence-corrected chi connectivity index (χ1v) is 4.21. The van der Waals surface area contributed by atoms with Crippen LogP contribution in [0.3, 0.4) is 0 Å². The van der Waals surface area contributed by atoms with Gasteiger partial charge in [0.15, 0.2) is 0 Å². The Balaban J connectivity index is 1.96. The van der Waals surface area contributed by atoms with E-state index in [-0.39, 0.29) is 11.6 Å². The first-order chi connectivity index (χ1) is 5.81. The fourth-order valence-electron chi connectivity index (χ4n) is 1.63. The second kappa shape index (κ2) is 2.91. The van der Waals surface area contributed by atoms with Gasteiger partial charge in [-0.25, -0.2) is 10.2 Å². The number of hydrogen-bond acceptors (Lipinski definition) is 4. The fourth-order valence-corrected chi connectivity index (χ4v) is 1.63. The van der Waals surface area contributed by atoms with E-state index in [9.17, 15) is 4.79 Å². The summed E-state index contributed by atoms with van der Waals surface area (Å²) in [5.74, 6) is 0. The van der Waals surface area contributed by atoms with Crippen molar-refractivity contribution in [2.75, 3.05) is 19.7 Å². The number of carbonyl (C=O) groups is 1. The maximum absolute atomic E-state index is 10.7. The van der Waals surface area contributed by atoms with Crippen LogP contribution in [0.1, 0.15) is 12.8 Å². The van der Waals surface area contributed by atoms with E-state index in [1.165, 1.54) is 0 Å². The van der Waals surface area contributed by atoms with Gasteiger partial charge in [-0.15, -0.1) is 0 Å². The van der Waals surface area contributed by atoms with Gasteiger partial charge < -0.3 is 10.1 Å². The lowest BCUT2D eigenvalue weighted by Crippen LogP contribution is -2.65. The zero-order valence-corrected chi connectivity index (χ0v) is 6.85. The maximum atomic E-state index is 10.7. The quantitative estimate of drug-likeness (QED) is 0.453. The van der Waals surface area contributed by atoms with Gasteiger partial charge in [0.1, 0.15) is 6.61 Å². The summed E-state index contributed by atoms with van der Waals surface area (Å²) in [6.45, 7) is 2.44. The Hall–Kier alpha value is -0.810. The second-order valence-electron chi connectivity index (χ2n) is 3.36. The number of ether oxygens (including phenoxy) is 1. The smallest absolute Gasteiger partial charge is 0.421 e. The molecule has 5 nitrogen and oxygen atoms in total. The molecule has 2 rings (SSSR count). The molecular weight excluding hydrogens is 158 g/mol. The zero-order chi connectivity index (χ0) is 8.44. The third kappa shape index (κ3) is 1.37. The Labute approximate surface area is 70.8 Å². The standard InChI is InChI=1S/C7H13N3O2/c11-6-9-10-7(5-12-6)1-3-8-4-2-7/h8,10H,1-5H2,(H,9,11). The van der Waals surface area contributed by atoms with Crippen molar-refractivity contribution in [2.45, 2.75) is 18.4 Å². The van der Waals surface area contributed by atoms with Crippen molar-refractivity contribution in [3.8, 4) is 0 Å². The molecular formula is C7H13N3O2. The minimum absolute atomic E-state index is 0.0286. The molecule has 1 amide bonds. The van der Waals surface area contributed by atoms with Crippen molar-refractivity contribution < 1.29 is 9.53 Å². The van der Waals surface area contributed by atoms with Gasteiger partial charge in [0, 0.05) is 0 Å². The molecule has 2 aliphatic heterocycles. The average Bonchev–Trinajstić information content (AvgIpc) is 2.13. The van der Waals surface area contributed by atoms with Crippen LogP contribution in [0.5, 0.6) is 0 Å². The molecule has 1 spiro atoms. The Morgan fingerprint density at radius 1 is 1.33 bits per heavy atom. The van der Waals surface area contributed by atoms with Gasteiger partial charge in [0.05, 0.1) is 5.54 Å². The van der Waals surface area contributed by atoms with Gasteiger partial charge in [-0.3, -0.25) is 5.43 Å². The van der Waals surface area contributed by atoms with Crippen LogP contribution in [-0.4, -0.2) is 31.3 Å². The molecule has 2 fully saturated rings. The number of carbonyl (C=O) groups excluding carboxylic acids is 1. The highest BCUT2D eigenvalue weighted by Gasteiger charge is 2.36. The molecule has 0 unspecified atom stereocenters. The summed E-state index contributed by atoms with van der Waals surface area (Å²) in [6, 6.07) is 0. The first kappa shape index (κ1) is 7.82. The molecule has 3 N–H and O–H groups in total. The minimum Gasteiger partial charge on any atom is -0.447 e. The lowest BCUT2D eigenvalue weighted by molar-refractivity contribution is 0.0408. The number of hydrazine groups is 1. The number of hydrogen-bond donors (Lipinski definition) is 3. The van der Waals surface area contributed by atoms with E-state index in [2.05, 4.69) is 16.2 Å². The lowest BCUT2D eigenvalue weighted by atomic mass is 9.90. The first-order valence-electron chi connectivity index (χ1n) is 4.21. The number of amides is 1. The number of cyclic esters (lactones) is 1. The Morgan fingerprint density at radius 3 is 2.67 bits per heavy atom. The predicted molar refractivity (Wildman–Crippen MR) is 42.5 cm³/mol. The van der Waals surface area contributed by atoms with E-state index < -0.39 is 0 Å². The molecule has 2 aliphatic rings. The normalized spacial score (nSPS) is 27.8. The summed E-state index contributed by atoms with van der Waals surface area (Å²) in [5, 5.41) is 3.26. The van der Waals surface area contributed by atoms with Crippen LogP contribution in [0.2, 0.25) is 0 Å². The van der Waals surface area contributed by atoms with E-state index in [0.29, 0.717) is 6.61 Å². The van der Waals surface area contributed by atoms with Gasteiger partial charge in [-0.05, 0) is 25.9 Å². The van der Waals surface area contributed by atoms with E-state index in [1.54, 1.807) is 0 Å². The van der Waals surface area contributed by atoms with Crippen LogP contribution in [-0.2, 0) is 4.74 Å². The van der Waals surface area contributed by atoms with Crippen molar-refractivity contribution in [1.82, 2.24) is 16.2 Å². The predicted octanol–water partition coefficient (Wildman–Crippen LogP) is -0.647. The third-order valence-electron chi connectivity index (χ3n) is 2.47. The molecule has 0 saturated carbocycles. The molecule has 0 radical (unpaired) electrons. The minimum atomic E-state index is -0.376. The molecule has 2 heterocycles. The average molecular weight is 171 g/mol. The summed E-state index contributed by atoms with van der Waals surface area (Å²) < 4.78 is 4.93. The van der Waals surface area contributed by atoms with Crippen LogP contribution in [0.15, 0.2) is 0 Å². The van der Waals surface area contributed by atoms with Crippen molar-refractivity contribution in [3.63, 3.8) is 0 Å². The summed E-state index contributed by atoms with van der Waals surface area (Å²) in [6.07, 6.45) is 1.61. The summed E-state index contributed by atoms with van der Waals surface area (Å²) in [4.78, 5) is 10.7. The monoisotopic (exact) mass is 171 g/mol. The zero-order valence-electron chi connectivity index (χ0n) is 6.85. The highest BCUT2D eigenvalue weighted by Crippen LogP contribution is 2.19. The molecule has 0 aromatic rings. The van der Waals surface area contributed by atoms with Gasteiger partial charge in [-0.1, -0.05) is 0 Å². The van der Waals surface area contributed by atoms with E-state index in [0.717, 1.165) is 25.9 Å². The Kier molecular flexibility index (Phi) is 1.90. The lowest BCUT2D eigenvalue weighted by Gasteiger charge is -2.40. The number of rotatable bonds is 0. The molecule has 0 bridgehead atoms. The van der Waals surface area contributed by atoms with Crippen molar-refractivity contribution >= 4 is 6.09 Å². The summed E-state index contributed by atoms with van der Waals surface area (Å²) in [5.41, 5.74) is 5.49. The molecule has 68 valence electrons. The van der Waals surface area contributed by atoms with E-state index in [1.807, 2.05) is 0 Å². The van der Waals surface area contributed by atoms with Gasteiger partial charge in [-0.2, -0.15) is 0 Å². The highest BCUT2D eigenvalue weighted by atomic mass is 16.6. The molecule has 0 aromatic carbocycles. The maximum Gasteiger partial charge on any atom is 0.421 e.